The third kappa shape index (κ3) is 5.91. The summed E-state index contributed by atoms with van der Waals surface area (Å²) in [7, 11) is 0. The molecular formula is C17H17Cl2NOS. The lowest BCUT2D eigenvalue weighted by molar-refractivity contribution is -0.118. The molecule has 1 amide bonds. The van der Waals surface area contributed by atoms with Crippen molar-refractivity contribution in [2.45, 2.75) is 12.2 Å². The maximum absolute atomic E-state index is 11.8. The molecule has 1 N–H and O–H groups in total. The fourth-order valence-electron chi connectivity index (χ4n) is 1.92. The van der Waals surface area contributed by atoms with Crippen LogP contribution in [0.1, 0.15) is 11.1 Å². The number of benzene rings is 2. The van der Waals surface area contributed by atoms with E-state index in [-0.39, 0.29) is 5.91 Å². The van der Waals surface area contributed by atoms with Gasteiger partial charge < -0.3 is 5.32 Å². The summed E-state index contributed by atoms with van der Waals surface area (Å²) in [6.45, 7) is 0.632. The lowest BCUT2D eigenvalue weighted by Gasteiger charge is -2.06. The summed E-state index contributed by atoms with van der Waals surface area (Å²) in [5.41, 5.74) is 2.22. The minimum atomic E-state index is 0.0472. The lowest BCUT2D eigenvalue weighted by atomic mass is 10.1. The van der Waals surface area contributed by atoms with Crippen molar-refractivity contribution < 1.29 is 4.79 Å². The van der Waals surface area contributed by atoms with Gasteiger partial charge in [0.2, 0.25) is 5.91 Å². The Bertz CT molecular complexity index is 616. The first-order valence-corrected chi connectivity index (χ1v) is 8.88. The first kappa shape index (κ1) is 17.2. The highest BCUT2D eigenvalue weighted by atomic mass is 35.5. The van der Waals surface area contributed by atoms with Crippen molar-refractivity contribution in [1.29, 1.82) is 0 Å². The third-order valence-corrected chi connectivity index (χ3v) is 4.70. The Hall–Kier alpha value is -1.16. The monoisotopic (exact) mass is 353 g/mol. The summed E-state index contributed by atoms with van der Waals surface area (Å²) in [5, 5.41) is 4.39. The summed E-state index contributed by atoms with van der Waals surface area (Å²) in [5.74, 6) is 1.22. The van der Waals surface area contributed by atoms with Crippen LogP contribution in [0, 0.1) is 0 Å². The van der Waals surface area contributed by atoms with Crippen LogP contribution in [0.15, 0.2) is 48.5 Å². The number of amides is 1. The molecule has 0 aromatic heterocycles. The molecule has 0 atom stereocenters. The van der Waals surface area contributed by atoms with Gasteiger partial charge in [-0.05, 0) is 35.7 Å². The standard InChI is InChI=1S/C17H17Cl2NOS/c18-15-7-5-13(6-8-15)9-10-20-17(21)12-22-11-14-3-1-2-4-16(14)19/h1-8H,9-12H2,(H,20,21). The van der Waals surface area contributed by atoms with E-state index in [9.17, 15) is 4.79 Å². The molecule has 0 aliphatic rings. The lowest BCUT2D eigenvalue weighted by Crippen LogP contribution is -2.27. The average Bonchev–Trinajstić information content (AvgIpc) is 2.51. The van der Waals surface area contributed by atoms with Gasteiger partial charge in [-0.15, -0.1) is 11.8 Å². The van der Waals surface area contributed by atoms with E-state index in [2.05, 4.69) is 5.32 Å². The number of carbonyl (C=O) groups is 1. The highest BCUT2D eigenvalue weighted by molar-refractivity contribution is 7.99. The maximum atomic E-state index is 11.8. The topological polar surface area (TPSA) is 29.1 Å². The van der Waals surface area contributed by atoms with Crippen molar-refractivity contribution in [3.05, 3.63) is 69.7 Å². The van der Waals surface area contributed by atoms with Crippen molar-refractivity contribution in [2.75, 3.05) is 12.3 Å². The molecule has 0 saturated carbocycles. The van der Waals surface area contributed by atoms with Crippen LogP contribution < -0.4 is 5.32 Å². The zero-order chi connectivity index (χ0) is 15.8. The smallest absolute Gasteiger partial charge is 0.230 e. The number of thioether (sulfide) groups is 1. The summed E-state index contributed by atoms with van der Waals surface area (Å²) < 4.78 is 0. The van der Waals surface area contributed by atoms with E-state index in [4.69, 9.17) is 23.2 Å². The summed E-state index contributed by atoms with van der Waals surface area (Å²) in [4.78, 5) is 11.8. The predicted molar refractivity (Wildman–Crippen MR) is 95.8 cm³/mol. The molecule has 0 radical (unpaired) electrons. The first-order valence-electron chi connectivity index (χ1n) is 6.97. The second-order valence-corrected chi connectivity index (χ2v) is 6.64. The number of nitrogens with one attached hydrogen (secondary N) is 1. The molecule has 0 aliphatic heterocycles. The fourth-order valence-corrected chi connectivity index (χ4v) is 3.19. The van der Waals surface area contributed by atoms with Gasteiger partial charge >= 0.3 is 0 Å². The van der Waals surface area contributed by atoms with Crippen molar-refractivity contribution >= 4 is 40.9 Å². The fraction of sp³-hybridized carbons (Fsp3) is 0.235. The van der Waals surface area contributed by atoms with Crippen LogP contribution in [0.2, 0.25) is 10.0 Å². The van der Waals surface area contributed by atoms with Gasteiger partial charge in [0.25, 0.3) is 0 Å². The van der Waals surface area contributed by atoms with Crippen molar-refractivity contribution in [1.82, 2.24) is 5.32 Å². The van der Waals surface area contributed by atoms with Gasteiger partial charge in [-0.1, -0.05) is 53.5 Å². The molecule has 0 spiro atoms. The predicted octanol–water partition coefficient (Wildman–Crippen LogP) is 4.59. The van der Waals surface area contributed by atoms with E-state index in [1.165, 1.54) is 0 Å². The zero-order valence-corrected chi connectivity index (χ0v) is 14.3. The molecule has 0 unspecified atom stereocenters. The summed E-state index contributed by atoms with van der Waals surface area (Å²) >= 11 is 13.5. The van der Waals surface area contributed by atoms with Gasteiger partial charge in [-0.25, -0.2) is 0 Å². The quantitative estimate of drug-likeness (QED) is 0.788. The molecule has 2 rings (SSSR count). The minimum Gasteiger partial charge on any atom is -0.355 e. The zero-order valence-electron chi connectivity index (χ0n) is 12.0. The van der Waals surface area contributed by atoms with E-state index >= 15 is 0 Å². The Morgan fingerprint density at radius 1 is 1.05 bits per heavy atom. The Labute approximate surface area is 145 Å². The van der Waals surface area contributed by atoms with Crippen LogP contribution in [0.4, 0.5) is 0 Å². The van der Waals surface area contributed by atoms with Crippen molar-refractivity contribution in [2.24, 2.45) is 0 Å². The number of carbonyl (C=O) groups excluding carboxylic acids is 1. The SMILES string of the molecule is O=C(CSCc1ccccc1Cl)NCCc1ccc(Cl)cc1. The van der Waals surface area contributed by atoms with Crippen LogP contribution in [0.3, 0.4) is 0 Å². The largest absolute Gasteiger partial charge is 0.355 e. The number of hydrogen-bond donors (Lipinski definition) is 1. The normalized spacial score (nSPS) is 10.5. The number of hydrogen-bond acceptors (Lipinski definition) is 2. The van der Waals surface area contributed by atoms with Crippen LogP contribution in [0.25, 0.3) is 0 Å². The first-order chi connectivity index (χ1) is 10.6. The summed E-state index contributed by atoms with van der Waals surface area (Å²) in [6.07, 6.45) is 0.804. The number of rotatable bonds is 7. The van der Waals surface area contributed by atoms with Crippen LogP contribution in [-0.2, 0) is 17.0 Å². The molecule has 5 heteroatoms. The van der Waals surface area contributed by atoms with E-state index in [0.717, 1.165) is 33.3 Å². The average molecular weight is 354 g/mol. The molecule has 0 heterocycles. The highest BCUT2D eigenvalue weighted by Crippen LogP contribution is 2.20. The molecule has 0 fully saturated rings. The molecule has 0 aliphatic carbocycles. The summed E-state index contributed by atoms with van der Waals surface area (Å²) in [6, 6.07) is 15.4. The molecule has 2 aromatic rings. The van der Waals surface area contributed by atoms with Gasteiger partial charge in [0, 0.05) is 22.3 Å². The van der Waals surface area contributed by atoms with E-state index in [0.29, 0.717) is 12.3 Å². The van der Waals surface area contributed by atoms with E-state index < -0.39 is 0 Å². The van der Waals surface area contributed by atoms with Gasteiger partial charge in [0.1, 0.15) is 0 Å². The number of halogens is 2. The molecule has 2 nitrogen and oxygen atoms in total. The second kappa shape index (κ2) is 9.09. The molecule has 2 aromatic carbocycles. The van der Waals surface area contributed by atoms with Gasteiger partial charge in [0.15, 0.2) is 0 Å². The molecule has 0 saturated heterocycles. The minimum absolute atomic E-state index is 0.0472. The maximum Gasteiger partial charge on any atom is 0.230 e. The highest BCUT2D eigenvalue weighted by Gasteiger charge is 2.04. The third-order valence-electron chi connectivity index (χ3n) is 3.10. The van der Waals surface area contributed by atoms with Crippen LogP contribution in [-0.4, -0.2) is 18.2 Å². The Morgan fingerprint density at radius 2 is 1.77 bits per heavy atom. The Balaban J connectivity index is 1.64. The van der Waals surface area contributed by atoms with E-state index in [1.807, 2.05) is 48.5 Å². The van der Waals surface area contributed by atoms with E-state index in [1.54, 1.807) is 11.8 Å². The Kier molecular flexibility index (Phi) is 7.10. The molecule has 0 bridgehead atoms. The van der Waals surface area contributed by atoms with Crippen LogP contribution in [0.5, 0.6) is 0 Å². The molecular weight excluding hydrogens is 337 g/mol. The molecule has 116 valence electrons. The Morgan fingerprint density at radius 3 is 2.50 bits per heavy atom. The molecule has 22 heavy (non-hydrogen) atoms. The van der Waals surface area contributed by atoms with Gasteiger partial charge in [0.05, 0.1) is 5.75 Å². The van der Waals surface area contributed by atoms with Crippen LogP contribution >= 0.6 is 35.0 Å². The van der Waals surface area contributed by atoms with Gasteiger partial charge in [-0.2, -0.15) is 0 Å². The van der Waals surface area contributed by atoms with Gasteiger partial charge in [-0.3, -0.25) is 4.79 Å². The van der Waals surface area contributed by atoms with Crippen molar-refractivity contribution in [3.63, 3.8) is 0 Å². The second-order valence-electron chi connectivity index (χ2n) is 4.81. The van der Waals surface area contributed by atoms with Crippen molar-refractivity contribution in [3.8, 4) is 0 Å².